The molecule has 3 heterocycles. The molecule has 6 aromatic carbocycles. The summed E-state index contributed by atoms with van der Waals surface area (Å²) < 4.78 is 11.2. The van der Waals surface area contributed by atoms with Gasteiger partial charge in [-0.25, -0.2) is 0 Å². The fourth-order valence-electron chi connectivity index (χ4n) is 9.03. The quantitative estimate of drug-likeness (QED) is 0.185. The molecule has 0 fully saturated rings. The summed E-state index contributed by atoms with van der Waals surface area (Å²) in [5.74, 6) is 0. The van der Waals surface area contributed by atoms with Gasteiger partial charge in [0.05, 0.1) is 16.6 Å². The first kappa shape index (κ1) is 26.0. The van der Waals surface area contributed by atoms with Gasteiger partial charge in [0, 0.05) is 61.4 Å². The number of nitrogens with zero attached hydrogens (tertiary/aromatic N) is 2. The van der Waals surface area contributed by atoms with Gasteiger partial charge in [-0.3, -0.25) is 0 Å². The molecular weight excluding hydrogens is 560 g/mol. The Hall–Kier alpha value is -5.28. The van der Waals surface area contributed by atoms with Crippen LogP contribution in [0.2, 0.25) is 0 Å². The molecule has 10 rings (SSSR count). The van der Waals surface area contributed by atoms with Crippen molar-refractivity contribution in [3.05, 3.63) is 138 Å². The SMILES string of the molecule is Cn1c2ccccc2c2ccc3c(c21)C(C)(C)c1ccc2c4ccccc4n(-c4ccc5oc6ccccc6c5c4)c2c1C3(C)C. The lowest BCUT2D eigenvalue weighted by atomic mass is 9.59. The summed E-state index contributed by atoms with van der Waals surface area (Å²) in [6, 6.07) is 42.3. The van der Waals surface area contributed by atoms with Crippen LogP contribution in [0.4, 0.5) is 0 Å². The second-order valence-corrected chi connectivity index (χ2v) is 14.2. The van der Waals surface area contributed by atoms with Crippen LogP contribution in [-0.4, -0.2) is 9.13 Å². The van der Waals surface area contributed by atoms with E-state index in [1.54, 1.807) is 0 Å². The summed E-state index contributed by atoms with van der Waals surface area (Å²) in [6.07, 6.45) is 0. The van der Waals surface area contributed by atoms with Gasteiger partial charge in [0.25, 0.3) is 0 Å². The van der Waals surface area contributed by atoms with Gasteiger partial charge in [-0.2, -0.15) is 0 Å². The molecule has 0 aliphatic heterocycles. The highest BCUT2D eigenvalue weighted by Gasteiger charge is 2.45. The van der Waals surface area contributed by atoms with Crippen molar-refractivity contribution >= 4 is 65.6 Å². The molecule has 222 valence electrons. The Bertz CT molecular complexity index is 2760. The molecule has 46 heavy (non-hydrogen) atoms. The third kappa shape index (κ3) is 3.04. The Labute approximate surface area is 267 Å². The van der Waals surface area contributed by atoms with Crippen LogP contribution < -0.4 is 0 Å². The van der Waals surface area contributed by atoms with E-state index >= 15 is 0 Å². The summed E-state index contributed by atoms with van der Waals surface area (Å²) in [5, 5.41) is 7.52. The normalized spacial score (nSPS) is 15.4. The Morgan fingerprint density at radius 2 is 1.02 bits per heavy atom. The van der Waals surface area contributed by atoms with Crippen molar-refractivity contribution in [1.29, 1.82) is 0 Å². The Balaban J connectivity index is 1.35. The van der Waals surface area contributed by atoms with E-state index in [0.29, 0.717) is 0 Å². The predicted molar refractivity (Wildman–Crippen MR) is 193 cm³/mol. The summed E-state index contributed by atoms with van der Waals surface area (Å²) in [6.45, 7) is 9.73. The number of benzene rings is 6. The lowest BCUT2D eigenvalue weighted by Gasteiger charge is -2.44. The summed E-state index contributed by atoms with van der Waals surface area (Å²) >= 11 is 0. The van der Waals surface area contributed by atoms with Crippen molar-refractivity contribution in [2.24, 2.45) is 7.05 Å². The topological polar surface area (TPSA) is 23.0 Å². The van der Waals surface area contributed by atoms with Gasteiger partial charge in [-0.15, -0.1) is 0 Å². The number of fused-ring (bicyclic) bond motifs is 13. The van der Waals surface area contributed by atoms with Gasteiger partial charge in [0.15, 0.2) is 0 Å². The number of rotatable bonds is 1. The minimum atomic E-state index is -0.247. The van der Waals surface area contributed by atoms with Crippen molar-refractivity contribution in [1.82, 2.24) is 9.13 Å². The molecule has 3 nitrogen and oxygen atoms in total. The molecule has 0 N–H and O–H groups in total. The molecule has 0 amide bonds. The second kappa shape index (κ2) is 8.50. The van der Waals surface area contributed by atoms with E-state index in [0.717, 1.165) is 27.6 Å². The minimum absolute atomic E-state index is 0.220. The molecule has 0 atom stereocenters. The highest BCUT2D eigenvalue weighted by atomic mass is 16.3. The van der Waals surface area contributed by atoms with E-state index in [2.05, 4.69) is 153 Å². The summed E-state index contributed by atoms with van der Waals surface area (Å²) in [4.78, 5) is 0. The molecule has 3 aromatic heterocycles. The van der Waals surface area contributed by atoms with Crippen LogP contribution >= 0.6 is 0 Å². The Morgan fingerprint density at radius 3 is 1.74 bits per heavy atom. The van der Waals surface area contributed by atoms with Gasteiger partial charge in [-0.05, 0) is 58.7 Å². The Kier molecular flexibility index (Phi) is 4.80. The zero-order valence-corrected chi connectivity index (χ0v) is 26.8. The first-order chi connectivity index (χ1) is 22.3. The number of hydrogen-bond acceptors (Lipinski definition) is 1. The first-order valence-electron chi connectivity index (χ1n) is 16.3. The largest absolute Gasteiger partial charge is 0.456 e. The number of aryl methyl sites for hydroxylation is 1. The molecule has 0 radical (unpaired) electrons. The van der Waals surface area contributed by atoms with Gasteiger partial charge in [0.1, 0.15) is 11.2 Å². The van der Waals surface area contributed by atoms with Crippen LogP contribution in [0.3, 0.4) is 0 Å². The minimum Gasteiger partial charge on any atom is -0.456 e. The predicted octanol–water partition coefficient (Wildman–Crippen LogP) is 11.3. The maximum atomic E-state index is 6.25. The first-order valence-corrected chi connectivity index (χ1v) is 16.3. The van der Waals surface area contributed by atoms with Crippen molar-refractivity contribution in [2.45, 2.75) is 38.5 Å². The van der Waals surface area contributed by atoms with E-state index < -0.39 is 0 Å². The van der Waals surface area contributed by atoms with E-state index in [9.17, 15) is 0 Å². The number of para-hydroxylation sites is 3. The number of furan rings is 1. The molecule has 3 heteroatoms. The third-order valence-electron chi connectivity index (χ3n) is 11.1. The highest BCUT2D eigenvalue weighted by Crippen LogP contribution is 2.55. The fraction of sp³-hybridized carbons (Fsp3) is 0.163. The second-order valence-electron chi connectivity index (χ2n) is 14.2. The number of hydrogen-bond donors (Lipinski definition) is 0. The van der Waals surface area contributed by atoms with Crippen molar-refractivity contribution in [2.75, 3.05) is 0 Å². The van der Waals surface area contributed by atoms with E-state index in [4.69, 9.17) is 4.42 Å². The molecular formula is C43H34N2O. The van der Waals surface area contributed by atoms with Crippen molar-refractivity contribution < 1.29 is 4.42 Å². The molecule has 0 spiro atoms. The number of aromatic nitrogens is 2. The highest BCUT2D eigenvalue weighted by molar-refractivity contribution is 6.13. The van der Waals surface area contributed by atoms with E-state index in [-0.39, 0.29) is 10.8 Å². The summed E-state index contributed by atoms with van der Waals surface area (Å²) in [7, 11) is 2.24. The van der Waals surface area contributed by atoms with Crippen LogP contribution in [0.1, 0.15) is 49.9 Å². The third-order valence-corrected chi connectivity index (χ3v) is 11.1. The molecule has 9 aromatic rings. The zero-order valence-electron chi connectivity index (χ0n) is 26.8. The van der Waals surface area contributed by atoms with Crippen molar-refractivity contribution in [3.8, 4) is 5.69 Å². The maximum Gasteiger partial charge on any atom is 0.135 e. The van der Waals surface area contributed by atoms with Crippen molar-refractivity contribution in [3.63, 3.8) is 0 Å². The zero-order chi connectivity index (χ0) is 31.1. The average Bonchev–Trinajstić information content (AvgIpc) is 3.71. The average molecular weight is 595 g/mol. The molecule has 1 aliphatic rings. The van der Waals surface area contributed by atoms with Gasteiger partial charge >= 0.3 is 0 Å². The molecule has 1 aliphatic carbocycles. The lowest BCUT2D eigenvalue weighted by Crippen LogP contribution is -2.37. The van der Waals surface area contributed by atoms with Gasteiger partial charge in [-0.1, -0.05) is 107 Å². The Morgan fingerprint density at radius 1 is 0.478 bits per heavy atom. The lowest BCUT2D eigenvalue weighted by molar-refractivity contribution is 0.526. The molecule has 0 unspecified atom stereocenters. The summed E-state index contributed by atoms with van der Waals surface area (Å²) in [5.41, 5.74) is 13.3. The van der Waals surface area contributed by atoms with Crippen LogP contribution in [0, 0.1) is 0 Å². The molecule has 0 saturated carbocycles. The van der Waals surface area contributed by atoms with E-state index in [1.165, 1.54) is 65.9 Å². The van der Waals surface area contributed by atoms with Crippen LogP contribution in [0.15, 0.2) is 120 Å². The van der Waals surface area contributed by atoms with Crippen LogP contribution in [-0.2, 0) is 17.9 Å². The van der Waals surface area contributed by atoms with E-state index in [1.807, 2.05) is 6.07 Å². The standard InChI is InChI=1S/C43H34N2O/c1-42(2)33-22-20-30-27-13-7-10-16-35(27)45(25-18-23-37-31(24-25)28-14-8-11-17-36(28)46-37)41(30)39(33)43(3,4)32-21-19-29-26-12-6-9-15-34(26)44(5)40(29)38(32)42/h6-24H,1-5H3. The monoisotopic (exact) mass is 594 g/mol. The van der Waals surface area contributed by atoms with Gasteiger partial charge < -0.3 is 13.6 Å². The smallest absolute Gasteiger partial charge is 0.135 e. The molecule has 0 bridgehead atoms. The molecule has 0 saturated heterocycles. The fourth-order valence-corrected chi connectivity index (χ4v) is 9.03. The van der Waals surface area contributed by atoms with Gasteiger partial charge in [0.2, 0.25) is 0 Å². The van der Waals surface area contributed by atoms with Crippen LogP contribution in [0.5, 0.6) is 0 Å². The maximum absolute atomic E-state index is 6.25. The van der Waals surface area contributed by atoms with Crippen LogP contribution in [0.25, 0.3) is 71.2 Å².